The summed E-state index contributed by atoms with van der Waals surface area (Å²) in [6.07, 6.45) is 6.40. The van der Waals surface area contributed by atoms with Crippen LogP contribution < -0.4 is 4.74 Å². The second-order valence-electron chi connectivity index (χ2n) is 2.90. The van der Waals surface area contributed by atoms with E-state index in [9.17, 15) is 0 Å². The molecule has 1 nitrogen and oxygen atoms in total. The number of allylic oxidation sites excluding steroid dienone is 2. The van der Waals surface area contributed by atoms with Gasteiger partial charge in [-0.3, -0.25) is 0 Å². The van der Waals surface area contributed by atoms with Crippen molar-refractivity contribution in [2.75, 3.05) is 7.11 Å². The zero-order valence-electron chi connectivity index (χ0n) is 8.29. The van der Waals surface area contributed by atoms with Crippen molar-refractivity contribution in [1.82, 2.24) is 0 Å². The first-order valence-corrected chi connectivity index (χ1v) is 4.65. The monoisotopic (exact) mass is 176 g/mol. The zero-order chi connectivity index (χ0) is 9.52. The SMILES string of the molecule is CCC=CCc1ccccc1OC. The minimum absolute atomic E-state index is 0.956. The van der Waals surface area contributed by atoms with Gasteiger partial charge < -0.3 is 4.74 Å². The molecule has 0 aliphatic carbocycles. The van der Waals surface area contributed by atoms with Crippen LogP contribution in [0.3, 0.4) is 0 Å². The second kappa shape index (κ2) is 5.41. The van der Waals surface area contributed by atoms with E-state index < -0.39 is 0 Å². The smallest absolute Gasteiger partial charge is 0.122 e. The Morgan fingerprint density at radius 2 is 2.00 bits per heavy atom. The van der Waals surface area contributed by atoms with Gasteiger partial charge >= 0.3 is 0 Å². The molecule has 0 N–H and O–H groups in total. The Morgan fingerprint density at radius 3 is 2.69 bits per heavy atom. The van der Waals surface area contributed by atoms with E-state index in [4.69, 9.17) is 4.74 Å². The predicted octanol–water partition coefficient (Wildman–Crippen LogP) is 3.20. The standard InChI is InChI=1S/C12H16O/c1-3-4-5-8-11-9-6-7-10-12(11)13-2/h4-7,9-10H,3,8H2,1-2H3. The average molecular weight is 176 g/mol. The molecule has 1 aromatic rings. The van der Waals surface area contributed by atoms with Crippen molar-refractivity contribution >= 4 is 0 Å². The summed E-state index contributed by atoms with van der Waals surface area (Å²) >= 11 is 0. The molecule has 0 spiro atoms. The molecule has 0 atom stereocenters. The number of ether oxygens (including phenoxy) is 1. The fraction of sp³-hybridized carbons (Fsp3) is 0.333. The summed E-state index contributed by atoms with van der Waals surface area (Å²) in [4.78, 5) is 0. The topological polar surface area (TPSA) is 9.23 Å². The Bertz CT molecular complexity index is 276. The fourth-order valence-corrected chi connectivity index (χ4v) is 1.25. The molecule has 1 aromatic carbocycles. The highest BCUT2D eigenvalue weighted by Crippen LogP contribution is 2.17. The summed E-state index contributed by atoms with van der Waals surface area (Å²) in [5, 5.41) is 0. The Balaban J connectivity index is 2.69. The van der Waals surface area contributed by atoms with E-state index in [0.29, 0.717) is 0 Å². The van der Waals surface area contributed by atoms with Gasteiger partial charge in [0, 0.05) is 0 Å². The molecule has 70 valence electrons. The van der Waals surface area contributed by atoms with Crippen LogP contribution in [-0.2, 0) is 6.42 Å². The van der Waals surface area contributed by atoms with Crippen molar-refractivity contribution in [2.45, 2.75) is 19.8 Å². The number of methoxy groups -OCH3 is 1. The number of rotatable bonds is 4. The first-order chi connectivity index (χ1) is 6.38. The molecule has 0 radical (unpaired) electrons. The van der Waals surface area contributed by atoms with Gasteiger partial charge in [0.25, 0.3) is 0 Å². The lowest BCUT2D eigenvalue weighted by atomic mass is 10.1. The molecule has 0 heterocycles. The van der Waals surface area contributed by atoms with Gasteiger partial charge in [-0.05, 0) is 24.5 Å². The number of benzene rings is 1. The van der Waals surface area contributed by atoms with Gasteiger partial charge in [0.15, 0.2) is 0 Å². The van der Waals surface area contributed by atoms with Crippen LogP contribution >= 0.6 is 0 Å². The van der Waals surface area contributed by atoms with Crippen LogP contribution in [0, 0.1) is 0 Å². The van der Waals surface area contributed by atoms with E-state index in [1.807, 2.05) is 18.2 Å². The molecule has 0 unspecified atom stereocenters. The quantitative estimate of drug-likeness (QED) is 0.640. The average Bonchev–Trinajstić information content (AvgIpc) is 2.19. The van der Waals surface area contributed by atoms with E-state index in [0.717, 1.165) is 18.6 Å². The first-order valence-electron chi connectivity index (χ1n) is 4.65. The highest BCUT2D eigenvalue weighted by Gasteiger charge is 1.97. The lowest BCUT2D eigenvalue weighted by Gasteiger charge is -2.04. The second-order valence-corrected chi connectivity index (χ2v) is 2.90. The van der Waals surface area contributed by atoms with Crippen molar-refractivity contribution in [2.24, 2.45) is 0 Å². The van der Waals surface area contributed by atoms with Gasteiger partial charge in [-0.1, -0.05) is 37.3 Å². The van der Waals surface area contributed by atoms with Gasteiger partial charge in [-0.15, -0.1) is 0 Å². The Labute approximate surface area is 80.0 Å². The third-order valence-electron chi connectivity index (χ3n) is 1.93. The molecule has 0 amide bonds. The highest BCUT2D eigenvalue weighted by atomic mass is 16.5. The van der Waals surface area contributed by atoms with Crippen molar-refractivity contribution in [3.63, 3.8) is 0 Å². The van der Waals surface area contributed by atoms with Gasteiger partial charge in [0.05, 0.1) is 7.11 Å². The maximum absolute atomic E-state index is 5.24. The summed E-state index contributed by atoms with van der Waals surface area (Å²) in [5.74, 6) is 0.975. The summed E-state index contributed by atoms with van der Waals surface area (Å²) in [6, 6.07) is 8.12. The molecule has 0 aromatic heterocycles. The minimum atomic E-state index is 0.956. The highest BCUT2D eigenvalue weighted by molar-refractivity contribution is 5.34. The zero-order valence-corrected chi connectivity index (χ0v) is 8.29. The fourth-order valence-electron chi connectivity index (χ4n) is 1.25. The minimum Gasteiger partial charge on any atom is -0.496 e. The third kappa shape index (κ3) is 2.94. The maximum Gasteiger partial charge on any atom is 0.122 e. The van der Waals surface area contributed by atoms with E-state index in [1.165, 1.54) is 5.56 Å². The first kappa shape index (κ1) is 9.85. The van der Waals surface area contributed by atoms with Gasteiger partial charge in [0.2, 0.25) is 0 Å². The molecule has 0 saturated carbocycles. The van der Waals surface area contributed by atoms with E-state index in [1.54, 1.807) is 7.11 Å². The van der Waals surface area contributed by atoms with Crippen LogP contribution in [-0.4, -0.2) is 7.11 Å². The van der Waals surface area contributed by atoms with Crippen LogP contribution in [0.5, 0.6) is 5.75 Å². The molecule has 0 saturated heterocycles. The van der Waals surface area contributed by atoms with E-state index in [2.05, 4.69) is 25.1 Å². The Morgan fingerprint density at radius 1 is 1.23 bits per heavy atom. The molecular formula is C12H16O. The Hall–Kier alpha value is -1.24. The number of hydrogen-bond acceptors (Lipinski definition) is 1. The molecular weight excluding hydrogens is 160 g/mol. The number of para-hydroxylation sites is 1. The normalized spacial score (nSPS) is 10.6. The largest absolute Gasteiger partial charge is 0.496 e. The van der Waals surface area contributed by atoms with E-state index >= 15 is 0 Å². The number of hydrogen-bond donors (Lipinski definition) is 0. The molecule has 13 heavy (non-hydrogen) atoms. The summed E-state index contributed by atoms with van der Waals surface area (Å²) in [6.45, 7) is 2.14. The Kier molecular flexibility index (Phi) is 4.10. The molecule has 0 fully saturated rings. The molecule has 1 heteroatoms. The van der Waals surface area contributed by atoms with Crippen LogP contribution in [0.15, 0.2) is 36.4 Å². The van der Waals surface area contributed by atoms with Crippen LogP contribution in [0.1, 0.15) is 18.9 Å². The van der Waals surface area contributed by atoms with Crippen LogP contribution in [0.2, 0.25) is 0 Å². The van der Waals surface area contributed by atoms with E-state index in [-0.39, 0.29) is 0 Å². The van der Waals surface area contributed by atoms with Crippen molar-refractivity contribution in [1.29, 1.82) is 0 Å². The third-order valence-corrected chi connectivity index (χ3v) is 1.93. The molecule has 0 aliphatic heterocycles. The summed E-state index contributed by atoms with van der Waals surface area (Å²) < 4.78 is 5.24. The van der Waals surface area contributed by atoms with Gasteiger partial charge in [-0.25, -0.2) is 0 Å². The molecule has 1 rings (SSSR count). The maximum atomic E-state index is 5.24. The lowest BCUT2D eigenvalue weighted by Crippen LogP contribution is -1.89. The van der Waals surface area contributed by atoms with Crippen molar-refractivity contribution < 1.29 is 4.74 Å². The van der Waals surface area contributed by atoms with Crippen LogP contribution in [0.25, 0.3) is 0 Å². The van der Waals surface area contributed by atoms with Crippen molar-refractivity contribution in [3.05, 3.63) is 42.0 Å². The van der Waals surface area contributed by atoms with Crippen LogP contribution in [0.4, 0.5) is 0 Å². The van der Waals surface area contributed by atoms with Gasteiger partial charge in [-0.2, -0.15) is 0 Å². The summed E-state index contributed by atoms with van der Waals surface area (Å²) in [5.41, 5.74) is 1.25. The predicted molar refractivity (Wildman–Crippen MR) is 56.1 cm³/mol. The van der Waals surface area contributed by atoms with Gasteiger partial charge in [0.1, 0.15) is 5.75 Å². The lowest BCUT2D eigenvalue weighted by molar-refractivity contribution is 0.410. The molecule has 0 aliphatic rings. The van der Waals surface area contributed by atoms with Crippen molar-refractivity contribution in [3.8, 4) is 5.75 Å². The molecule has 0 bridgehead atoms. The summed E-state index contributed by atoms with van der Waals surface area (Å²) in [7, 11) is 1.71.